The number of aliphatic imine (C=N–C) groups is 1. The molecule has 1 atom stereocenters. The smallest absolute Gasteiger partial charge is 0.126 e. The summed E-state index contributed by atoms with van der Waals surface area (Å²) in [5.41, 5.74) is 9.85. The van der Waals surface area contributed by atoms with E-state index in [2.05, 4.69) is 21.4 Å². The van der Waals surface area contributed by atoms with Crippen LogP contribution in [0.15, 0.2) is 35.3 Å². The Labute approximate surface area is 134 Å². The second-order valence-electron chi connectivity index (χ2n) is 5.50. The van der Waals surface area contributed by atoms with Gasteiger partial charge in [0.2, 0.25) is 0 Å². The van der Waals surface area contributed by atoms with Crippen molar-refractivity contribution in [2.24, 2.45) is 4.99 Å². The van der Waals surface area contributed by atoms with Crippen LogP contribution in [0.5, 0.6) is 0 Å². The lowest BCUT2D eigenvalue weighted by Gasteiger charge is -2.14. The average Bonchev–Trinajstić information content (AvgIpc) is 3.06. The van der Waals surface area contributed by atoms with Gasteiger partial charge in [-0.25, -0.2) is 4.98 Å². The number of aliphatic hydroxyl groups excluding tert-OH is 1. The van der Waals surface area contributed by atoms with Crippen molar-refractivity contribution in [1.29, 1.82) is 0 Å². The van der Waals surface area contributed by atoms with E-state index in [0.29, 0.717) is 18.9 Å². The van der Waals surface area contributed by atoms with Gasteiger partial charge in [0.15, 0.2) is 0 Å². The van der Waals surface area contributed by atoms with Crippen molar-refractivity contribution in [3.05, 3.63) is 35.9 Å². The summed E-state index contributed by atoms with van der Waals surface area (Å²) in [5.74, 6) is 0.440. The first kappa shape index (κ1) is 15.5. The molecule has 1 unspecified atom stereocenters. The Morgan fingerprint density at radius 2 is 2.26 bits per heavy atom. The van der Waals surface area contributed by atoms with Crippen LogP contribution in [0.2, 0.25) is 0 Å². The predicted molar refractivity (Wildman–Crippen MR) is 93.9 cm³/mol. The van der Waals surface area contributed by atoms with Crippen LogP contribution < -0.4 is 11.1 Å². The van der Waals surface area contributed by atoms with Gasteiger partial charge in [-0.3, -0.25) is 4.99 Å². The summed E-state index contributed by atoms with van der Waals surface area (Å²) in [6.07, 6.45) is 3.24. The summed E-state index contributed by atoms with van der Waals surface area (Å²) < 4.78 is 4.93. The number of nitrogens with one attached hydrogen (secondary N) is 1. The Bertz CT molecular complexity index is 771. The number of benzene rings is 1. The second-order valence-corrected chi connectivity index (χ2v) is 5.50. The number of ether oxygens (including phenoxy) is 1. The minimum atomic E-state index is -0.579. The Morgan fingerprint density at radius 3 is 3.00 bits per heavy atom. The number of fused-ring (bicyclic) bond motifs is 1. The predicted octanol–water partition coefficient (Wildman–Crippen LogP) is 1.70. The molecule has 1 aromatic heterocycles. The molecule has 0 bridgehead atoms. The summed E-state index contributed by atoms with van der Waals surface area (Å²) in [7, 11) is 1.56. The normalized spacial score (nSPS) is 15.0. The van der Waals surface area contributed by atoms with Gasteiger partial charge in [0.1, 0.15) is 5.82 Å². The maximum absolute atomic E-state index is 9.78. The van der Waals surface area contributed by atoms with E-state index in [1.807, 2.05) is 24.4 Å². The fourth-order valence-electron chi connectivity index (χ4n) is 2.61. The van der Waals surface area contributed by atoms with Crippen molar-refractivity contribution in [2.75, 3.05) is 37.9 Å². The zero-order valence-corrected chi connectivity index (χ0v) is 13.0. The van der Waals surface area contributed by atoms with Crippen molar-refractivity contribution in [3.8, 4) is 0 Å². The van der Waals surface area contributed by atoms with E-state index >= 15 is 0 Å². The number of aliphatic hydroxyl groups is 1. The van der Waals surface area contributed by atoms with Crippen LogP contribution in [0, 0.1) is 0 Å². The number of allylic oxidation sites excluding steroid dienone is 1. The molecule has 1 aliphatic heterocycles. The van der Waals surface area contributed by atoms with Crippen molar-refractivity contribution >= 4 is 34.2 Å². The standard InChI is InChI=1S/C17H20N4O2/c1-23-10-13(22)9-20-15-7-17(18)21-16-6-11(2-3-14(15)16)12-4-5-19-8-12/h2-7,13,22H,8-10H2,1H3,(H3,18,20,21). The van der Waals surface area contributed by atoms with Gasteiger partial charge in [0, 0.05) is 37.0 Å². The Hall–Kier alpha value is -2.44. The molecule has 0 amide bonds. The molecule has 0 fully saturated rings. The molecular weight excluding hydrogens is 292 g/mol. The first-order chi connectivity index (χ1) is 11.2. The number of rotatable bonds is 6. The quantitative estimate of drug-likeness (QED) is 0.755. The minimum Gasteiger partial charge on any atom is -0.389 e. The topological polar surface area (TPSA) is 92.8 Å². The average molecular weight is 312 g/mol. The van der Waals surface area contributed by atoms with Crippen LogP contribution >= 0.6 is 0 Å². The molecule has 2 aromatic rings. The third-order valence-electron chi connectivity index (χ3n) is 3.73. The number of pyridine rings is 1. The number of nitrogens with two attached hydrogens (primary N) is 1. The Balaban J connectivity index is 1.89. The monoisotopic (exact) mass is 312 g/mol. The molecular formula is C17H20N4O2. The number of hydrogen-bond donors (Lipinski definition) is 3. The van der Waals surface area contributed by atoms with Gasteiger partial charge < -0.3 is 20.9 Å². The second kappa shape index (κ2) is 6.76. The van der Waals surface area contributed by atoms with Crippen LogP contribution in [-0.4, -0.2) is 49.2 Å². The Morgan fingerprint density at radius 1 is 1.39 bits per heavy atom. The van der Waals surface area contributed by atoms with Crippen molar-refractivity contribution in [2.45, 2.75) is 6.10 Å². The fraction of sp³-hybridized carbons (Fsp3) is 0.294. The number of aromatic nitrogens is 1. The molecule has 0 radical (unpaired) electrons. The van der Waals surface area contributed by atoms with Gasteiger partial charge in [0.05, 0.1) is 24.8 Å². The van der Waals surface area contributed by atoms with Crippen LogP contribution in [0.4, 0.5) is 11.5 Å². The highest BCUT2D eigenvalue weighted by molar-refractivity contribution is 5.96. The lowest BCUT2D eigenvalue weighted by Crippen LogP contribution is -2.24. The van der Waals surface area contributed by atoms with Gasteiger partial charge in [-0.15, -0.1) is 0 Å². The third-order valence-corrected chi connectivity index (χ3v) is 3.73. The van der Waals surface area contributed by atoms with Crippen molar-refractivity contribution in [3.63, 3.8) is 0 Å². The van der Waals surface area contributed by atoms with Gasteiger partial charge in [-0.1, -0.05) is 12.1 Å². The van der Waals surface area contributed by atoms with Crippen LogP contribution in [0.3, 0.4) is 0 Å². The number of nitrogens with zero attached hydrogens (tertiary/aromatic N) is 2. The molecule has 120 valence electrons. The molecule has 0 saturated carbocycles. The zero-order chi connectivity index (χ0) is 16.2. The number of methoxy groups -OCH3 is 1. The lowest BCUT2D eigenvalue weighted by molar-refractivity contribution is 0.0728. The summed E-state index contributed by atoms with van der Waals surface area (Å²) in [4.78, 5) is 8.62. The molecule has 3 rings (SSSR count). The maximum atomic E-state index is 9.78. The first-order valence-corrected chi connectivity index (χ1v) is 7.48. The number of nitrogen functional groups attached to an aromatic ring is 1. The molecule has 0 aliphatic carbocycles. The van der Waals surface area contributed by atoms with Crippen LogP contribution in [-0.2, 0) is 4.74 Å². The van der Waals surface area contributed by atoms with Gasteiger partial charge >= 0.3 is 0 Å². The van der Waals surface area contributed by atoms with Crippen molar-refractivity contribution < 1.29 is 9.84 Å². The summed E-state index contributed by atoms with van der Waals surface area (Å²) in [5, 5.41) is 14.0. The van der Waals surface area contributed by atoms with Gasteiger partial charge in [0.25, 0.3) is 0 Å². The Kier molecular flexibility index (Phi) is 4.55. The lowest BCUT2D eigenvalue weighted by atomic mass is 10.0. The largest absolute Gasteiger partial charge is 0.389 e. The molecule has 6 nitrogen and oxygen atoms in total. The third kappa shape index (κ3) is 3.49. The van der Waals surface area contributed by atoms with E-state index in [1.165, 1.54) is 5.57 Å². The van der Waals surface area contributed by atoms with E-state index in [4.69, 9.17) is 10.5 Å². The molecule has 1 aliphatic rings. The summed E-state index contributed by atoms with van der Waals surface area (Å²) in [6.45, 7) is 1.36. The number of anilines is 2. The molecule has 23 heavy (non-hydrogen) atoms. The zero-order valence-electron chi connectivity index (χ0n) is 13.0. The molecule has 6 heteroatoms. The fourth-order valence-corrected chi connectivity index (χ4v) is 2.61. The van der Waals surface area contributed by atoms with E-state index in [0.717, 1.165) is 22.2 Å². The highest BCUT2D eigenvalue weighted by Crippen LogP contribution is 2.28. The van der Waals surface area contributed by atoms with E-state index in [-0.39, 0.29) is 6.61 Å². The summed E-state index contributed by atoms with van der Waals surface area (Å²) in [6, 6.07) is 7.86. The minimum absolute atomic E-state index is 0.282. The van der Waals surface area contributed by atoms with E-state index in [9.17, 15) is 5.11 Å². The van der Waals surface area contributed by atoms with Gasteiger partial charge in [-0.05, 0) is 23.3 Å². The molecule has 4 N–H and O–H groups in total. The van der Waals surface area contributed by atoms with E-state index in [1.54, 1.807) is 13.2 Å². The highest BCUT2D eigenvalue weighted by atomic mass is 16.5. The first-order valence-electron chi connectivity index (χ1n) is 7.48. The molecule has 2 heterocycles. The van der Waals surface area contributed by atoms with Gasteiger partial charge in [-0.2, -0.15) is 0 Å². The van der Waals surface area contributed by atoms with Crippen molar-refractivity contribution in [1.82, 2.24) is 4.98 Å². The van der Waals surface area contributed by atoms with Crippen LogP contribution in [0.25, 0.3) is 16.5 Å². The highest BCUT2D eigenvalue weighted by Gasteiger charge is 2.10. The SMILES string of the molecule is COCC(O)CNc1cc(N)nc2cc(C3=CC=NC3)ccc12. The van der Waals surface area contributed by atoms with E-state index < -0.39 is 6.10 Å². The van der Waals surface area contributed by atoms with Crippen LogP contribution in [0.1, 0.15) is 5.56 Å². The maximum Gasteiger partial charge on any atom is 0.126 e. The molecule has 0 saturated heterocycles. The summed E-state index contributed by atoms with van der Waals surface area (Å²) >= 11 is 0. The molecule has 0 spiro atoms. The molecule has 1 aromatic carbocycles. The number of hydrogen-bond acceptors (Lipinski definition) is 6.